The molecule has 8 aromatic carbocycles. The molecule has 142 heavy (non-hydrogen) atoms. The van der Waals surface area contributed by atoms with E-state index in [4.69, 9.17) is 23.1 Å². The van der Waals surface area contributed by atoms with Crippen molar-refractivity contribution in [2.75, 3.05) is 21.3 Å². The lowest BCUT2D eigenvalue weighted by molar-refractivity contribution is -0.245. The number of hydrogen-bond donors (Lipinski definition) is 0. The van der Waals surface area contributed by atoms with Crippen molar-refractivity contribution in [1.82, 2.24) is 0 Å². The first kappa shape index (κ1) is 110. The molecule has 37 heteroatoms. The van der Waals surface area contributed by atoms with E-state index in [0.29, 0.717) is 87.4 Å². The van der Waals surface area contributed by atoms with Crippen LogP contribution in [-0.2, 0) is 81.7 Å². The third kappa shape index (κ3) is 24.8. The van der Waals surface area contributed by atoms with E-state index in [-0.39, 0.29) is 61.5 Å². The van der Waals surface area contributed by atoms with E-state index in [1.54, 1.807) is 33.5 Å². The molecule has 0 N–H and O–H groups in total. The number of fused-ring (bicyclic) bond motifs is 9. The molecule has 0 saturated heterocycles. The molecule has 0 heterocycles. The minimum atomic E-state index is -8.01. The average molecular weight is 2120 g/mol. The molecule has 10 aliphatic rings. The molecule has 10 fully saturated rings. The van der Waals surface area contributed by atoms with Crippen molar-refractivity contribution < 1.29 is 127 Å². The van der Waals surface area contributed by atoms with Crippen molar-refractivity contribution in [1.29, 1.82) is 0 Å². The largest absolute Gasteiger partial charge is 0.744 e. The van der Waals surface area contributed by atoms with Gasteiger partial charge in [0.25, 0.3) is 0 Å². The van der Waals surface area contributed by atoms with Gasteiger partial charge in [-0.15, -0.1) is 0 Å². The Kier molecular flexibility index (Phi) is 36.0. The topological polar surface area (TPSA) is 294 Å². The van der Waals surface area contributed by atoms with Crippen LogP contribution >= 0.6 is 0 Å². The van der Waals surface area contributed by atoms with Crippen LogP contribution in [0.15, 0.2) is 222 Å². The summed E-state index contributed by atoms with van der Waals surface area (Å²) in [7, 11) is -28.5. The summed E-state index contributed by atoms with van der Waals surface area (Å²) in [5.74, 6) is -5.11. The molecule has 18 rings (SSSR count). The Morgan fingerprint density at radius 3 is 1.01 bits per heavy atom. The van der Waals surface area contributed by atoms with Gasteiger partial charge < -0.3 is 36.4 Å². The number of carbonyl (C=O) groups excluding carboxylic acids is 1. The fraction of sp³-hybridized carbons (Fsp3) is 0.533. The van der Waals surface area contributed by atoms with Gasteiger partial charge >= 0.3 is 43.3 Å². The summed E-state index contributed by atoms with van der Waals surface area (Å²) in [5.41, 5.74) is -2.64. The predicted molar refractivity (Wildman–Crippen MR) is 519 cm³/mol. The van der Waals surface area contributed by atoms with Gasteiger partial charge in [-0.1, -0.05) is 213 Å². The van der Waals surface area contributed by atoms with E-state index >= 15 is 8.78 Å². The van der Waals surface area contributed by atoms with Crippen molar-refractivity contribution in [3.63, 3.8) is 0 Å². The standard InChI is InChI=1S/C28H35F9NO7S3.C24H36O3S.C21H21O3S.C18H15S.C14H18F2O5S/c29-25(30,26(31,32)46(39,40)38-47(41,42)28(35,36)37)27(33,34)48(43,44)45-24-22(19-12-6-2-7-13-19)16-21(18-10-4-1-5-11-18)17-23(24)20-14-8-3-9-15-20;25-28(26,27)24-22(19-12-6-2-7-13-19)16-21(18-10-4-1-5-11-18)17-23(24)20-14-8-3-9-15-20;1-22-16-7-4-10-19(13-16)25(20-11-5-8-17(14-20)23-2)21-12-6-9-18(15-21)24-3;1-4-10-16(11-5-1)19(17-12-6-2-7-13-17)18-14-8-3-9-15-18;15-14(16,22(18,19)20)13(17)21-10-5-8-4-9(10)12-7-2-1-6(3-7)11(8)12/h16-20H,1-15H2;16-20H,1-15H2,(H,25,26,27);4-15H,1-3H3;1-15H;6-12H,1-5H2,(H,18,19,20)/q-1;;2*+1;/p-2. The zero-order valence-corrected chi connectivity index (χ0v) is 85.2. The molecule has 0 spiro atoms. The predicted octanol–water partition coefficient (Wildman–Crippen LogP) is 27.0. The fourth-order valence-corrected chi connectivity index (χ4v) is 32.2. The Balaban J connectivity index is 0.000000147. The van der Waals surface area contributed by atoms with E-state index in [2.05, 4.69) is 140 Å². The Morgan fingerprint density at radius 1 is 0.352 bits per heavy atom. The highest BCUT2D eigenvalue weighted by Gasteiger charge is 2.82. The summed E-state index contributed by atoms with van der Waals surface area (Å²) < 4.78 is 321. The minimum absolute atomic E-state index is 0.0143. The molecule has 0 amide bonds. The van der Waals surface area contributed by atoms with Gasteiger partial charge in [0.2, 0.25) is 0 Å². The van der Waals surface area contributed by atoms with Gasteiger partial charge in [0.1, 0.15) is 39.2 Å². The van der Waals surface area contributed by atoms with E-state index in [1.807, 2.05) is 36.4 Å². The van der Waals surface area contributed by atoms with Crippen molar-refractivity contribution in [2.45, 2.75) is 328 Å². The molecule has 7 atom stereocenters. The molecule has 4 bridgehead atoms. The summed E-state index contributed by atoms with van der Waals surface area (Å²) in [4.78, 5) is 19.3. The number of methoxy groups -OCH3 is 3. The quantitative estimate of drug-likeness (QED) is 0.0115. The normalized spacial score (nSPS) is 22.2. The van der Waals surface area contributed by atoms with Crippen LogP contribution < -0.4 is 18.4 Å². The van der Waals surface area contributed by atoms with Gasteiger partial charge in [-0.25, -0.2) is 38.5 Å². The summed E-state index contributed by atoms with van der Waals surface area (Å²) >= 11 is 0. The SMILES string of the molecule is COc1cccc([S+](c2cccc(OC)c2)c2cccc(OC)c2)c1.O=C(OC1CC2CC1C1C3CCC(C3)C21)C(F)(F)S(=O)(=O)[O-].O=S(=O)([N-]S(=O)(=O)C(F)(F)C(F)(F)C(F)(F)S(=O)(=O)Oc1c(C2CCCCC2)cc(C2CCCCC2)cc1C1CCCCC1)C(F)(F)F.O=S(=O)([O-])c1c(C2CCCCC2)cc(C2CCCCC2)cc1C1CCCCC1.c1ccc([S+](c2ccccc2)c2ccccc2)cc1. The molecule has 19 nitrogen and oxygen atoms in total. The number of esters is 1. The second-order valence-corrected chi connectivity index (χ2v) is 50.9. The number of sulfonamides is 2. The molecule has 8 aromatic rings. The minimum Gasteiger partial charge on any atom is -0.744 e. The van der Waals surface area contributed by atoms with Crippen molar-refractivity contribution >= 4 is 78.2 Å². The number of ether oxygens (including phenoxy) is 4. The summed E-state index contributed by atoms with van der Waals surface area (Å²) in [5, 5.41) is -19.6. The number of rotatable bonds is 27. The molecule has 10 aliphatic carbocycles. The molecule has 7 unspecified atom stereocenters. The van der Waals surface area contributed by atoms with Crippen LogP contribution in [0.25, 0.3) is 4.13 Å². The van der Waals surface area contributed by atoms with Crippen LogP contribution in [0, 0.1) is 35.5 Å². The van der Waals surface area contributed by atoms with E-state index in [9.17, 15) is 95.5 Å². The lowest BCUT2D eigenvalue weighted by atomic mass is 9.70. The third-order valence-electron chi connectivity index (χ3n) is 30.2. The monoisotopic (exact) mass is 2120 g/mol. The van der Waals surface area contributed by atoms with Crippen molar-refractivity contribution in [2.24, 2.45) is 35.5 Å². The first-order chi connectivity index (χ1) is 67.4. The Hall–Kier alpha value is -8.01. The highest BCUT2D eigenvalue weighted by molar-refractivity contribution is 8.13. The second-order valence-electron chi connectivity index (χ2n) is 39.0. The molecule has 0 radical (unpaired) electrons. The van der Waals surface area contributed by atoms with Crippen LogP contribution in [-0.4, -0.2) is 112 Å². The molecular formula is C105H123F11NO18S7-. The van der Waals surface area contributed by atoms with Gasteiger partial charge in [-0.2, -0.15) is 56.7 Å². The average Bonchev–Trinajstić information content (AvgIpc) is 1.21. The van der Waals surface area contributed by atoms with Crippen molar-refractivity contribution in [3.8, 4) is 23.0 Å². The van der Waals surface area contributed by atoms with Gasteiger partial charge in [0.05, 0.1) is 48.0 Å². The van der Waals surface area contributed by atoms with Gasteiger partial charge in [-0.3, -0.25) is 0 Å². The first-order valence-corrected chi connectivity index (χ1v) is 58.7. The molecule has 0 aromatic heterocycles. The number of alkyl halides is 11. The van der Waals surface area contributed by atoms with E-state index in [0.717, 1.165) is 153 Å². The number of carbonyl (C=O) groups is 1. The zero-order chi connectivity index (χ0) is 102. The summed E-state index contributed by atoms with van der Waals surface area (Å²) in [6, 6.07) is 64.2. The summed E-state index contributed by atoms with van der Waals surface area (Å²) in [6.07, 6.45) is 32.0. The maximum atomic E-state index is 15.3. The molecule has 10 saturated carbocycles. The number of benzene rings is 8. The van der Waals surface area contributed by atoms with Crippen LogP contribution in [0.1, 0.15) is 294 Å². The number of nitrogens with zero attached hydrogens (tertiary/aromatic N) is 1. The van der Waals surface area contributed by atoms with Gasteiger partial charge in [-0.05, 0) is 286 Å². The van der Waals surface area contributed by atoms with Crippen LogP contribution in [0.5, 0.6) is 23.0 Å². The second kappa shape index (κ2) is 46.6. The zero-order valence-electron chi connectivity index (χ0n) is 79.5. The third-order valence-corrected chi connectivity index (χ3v) is 40.7. The molecule has 776 valence electrons. The number of halogens is 11. The Labute approximate surface area is 832 Å². The highest BCUT2D eigenvalue weighted by atomic mass is 32.3. The van der Waals surface area contributed by atoms with Crippen molar-refractivity contribution in [3.05, 3.63) is 226 Å². The number of hydrogen-bond acceptors (Lipinski definition) is 18. The highest BCUT2D eigenvalue weighted by Crippen LogP contribution is 2.68. The van der Waals surface area contributed by atoms with Crippen LogP contribution in [0.4, 0.5) is 48.3 Å². The van der Waals surface area contributed by atoms with Crippen LogP contribution in [0.2, 0.25) is 0 Å². The maximum absolute atomic E-state index is 15.3. The lowest BCUT2D eigenvalue weighted by Crippen LogP contribution is -2.61. The summed E-state index contributed by atoms with van der Waals surface area (Å²) in [6.45, 7) is 0. The Bertz CT molecular complexity index is 5920. The van der Waals surface area contributed by atoms with E-state index in [1.165, 1.54) is 92.7 Å². The van der Waals surface area contributed by atoms with Gasteiger partial charge in [0.15, 0.2) is 59.5 Å². The van der Waals surface area contributed by atoms with E-state index < -0.39 is 107 Å². The van der Waals surface area contributed by atoms with Gasteiger partial charge in [0, 0.05) is 18.2 Å². The Morgan fingerprint density at radius 2 is 0.676 bits per heavy atom. The first-order valence-electron chi connectivity index (χ1n) is 49.2. The maximum Gasteiger partial charge on any atom is 0.480 e. The molecular weight excluding hydrogens is 2000 g/mol. The lowest BCUT2D eigenvalue weighted by Gasteiger charge is -2.38. The van der Waals surface area contributed by atoms with Crippen LogP contribution in [0.3, 0.4) is 0 Å². The molecule has 0 aliphatic heterocycles. The smallest absolute Gasteiger partial charge is 0.480 e. The fourth-order valence-electron chi connectivity index (χ4n) is 23.5.